The summed E-state index contributed by atoms with van der Waals surface area (Å²) in [5.74, 6) is 0.222. The summed E-state index contributed by atoms with van der Waals surface area (Å²) in [6.45, 7) is 1.40. The summed E-state index contributed by atoms with van der Waals surface area (Å²) in [5, 5.41) is 0. The molecular formula is C17H19FN4O3. The van der Waals surface area contributed by atoms with E-state index in [0.29, 0.717) is 36.6 Å². The molecule has 1 N–H and O–H groups in total. The smallest absolute Gasteiger partial charge is 0.410 e. The van der Waals surface area contributed by atoms with Gasteiger partial charge in [-0.25, -0.2) is 14.2 Å². The Balaban J connectivity index is 1.57. The summed E-state index contributed by atoms with van der Waals surface area (Å²) < 4.78 is 18.3. The van der Waals surface area contributed by atoms with E-state index in [1.165, 1.54) is 17.0 Å². The number of nitrogens with zero attached hydrogens (tertiary/aromatic N) is 3. The van der Waals surface area contributed by atoms with Crippen LogP contribution in [0.2, 0.25) is 0 Å². The van der Waals surface area contributed by atoms with E-state index in [0.717, 1.165) is 19.3 Å². The zero-order chi connectivity index (χ0) is 17.4. The Morgan fingerprint density at radius 2 is 2.24 bits per heavy atom. The molecule has 25 heavy (non-hydrogen) atoms. The van der Waals surface area contributed by atoms with Crippen molar-refractivity contribution in [2.45, 2.75) is 25.3 Å². The Hall–Kier alpha value is -2.64. The molecule has 8 heteroatoms. The molecule has 1 aromatic heterocycles. The van der Waals surface area contributed by atoms with E-state index in [1.807, 2.05) is 0 Å². The van der Waals surface area contributed by atoms with Gasteiger partial charge in [0, 0.05) is 6.54 Å². The van der Waals surface area contributed by atoms with Crippen molar-refractivity contribution in [1.82, 2.24) is 19.8 Å². The predicted octanol–water partition coefficient (Wildman–Crippen LogP) is 2.21. The van der Waals surface area contributed by atoms with Crippen molar-refractivity contribution in [2.75, 3.05) is 26.2 Å². The van der Waals surface area contributed by atoms with E-state index in [1.54, 1.807) is 11.0 Å². The molecule has 0 aliphatic carbocycles. The van der Waals surface area contributed by atoms with E-state index >= 15 is 0 Å². The Bertz CT molecular complexity index is 821. The van der Waals surface area contributed by atoms with Crippen molar-refractivity contribution in [3.8, 4) is 0 Å². The molecule has 0 radical (unpaired) electrons. The summed E-state index contributed by atoms with van der Waals surface area (Å²) in [7, 11) is 0. The second-order valence-electron chi connectivity index (χ2n) is 6.42. The minimum absolute atomic E-state index is 0.0180. The number of ether oxygens (including phenoxy) is 1. The molecule has 2 saturated heterocycles. The molecule has 1 aromatic carbocycles. The molecule has 1 atom stereocenters. The van der Waals surface area contributed by atoms with Gasteiger partial charge in [-0.1, -0.05) is 0 Å². The number of carbonyl (C=O) groups excluding carboxylic acids is 2. The molecule has 3 heterocycles. The second-order valence-corrected chi connectivity index (χ2v) is 6.42. The molecule has 2 aliphatic heterocycles. The number of piperidine rings is 1. The fourth-order valence-corrected chi connectivity index (χ4v) is 3.50. The third-order valence-electron chi connectivity index (χ3n) is 4.77. The number of benzene rings is 1. The summed E-state index contributed by atoms with van der Waals surface area (Å²) in [6.07, 6.45) is 2.26. The molecule has 2 fully saturated rings. The number of nitrogens with one attached hydrogen (secondary N) is 1. The minimum atomic E-state index is -0.443. The van der Waals surface area contributed by atoms with Crippen molar-refractivity contribution in [2.24, 2.45) is 0 Å². The van der Waals surface area contributed by atoms with Gasteiger partial charge in [-0.15, -0.1) is 0 Å². The van der Waals surface area contributed by atoms with Crippen LogP contribution in [0.25, 0.3) is 11.0 Å². The van der Waals surface area contributed by atoms with Crippen LogP contribution in [0.15, 0.2) is 18.2 Å². The monoisotopic (exact) mass is 346 g/mol. The summed E-state index contributed by atoms with van der Waals surface area (Å²) in [4.78, 5) is 35.2. The summed E-state index contributed by atoms with van der Waals surface area (Å²) in [5.41, 5.74) is 1.30. The number of halogens is 1. The molecular weight excluding hydrogens is 327 g/mol. The average molecular weight is 346 g/mol. The van der Waals surface area contributed by atoms with Crippen LogP contribution in [0.5, 0.6) is 0 Å². The Kier molecular flexibility index (Phi) is 4.03. The number of aromatic nitrogens is 2. The third kappa shape index (κ3) is 3.04. The molecule has 4 rings (SSSR count). The number of cyclic esters (lactones) is 1. The van der Waals surface area contributed by atoms with E-state index in [-0.39, 0.29) is 24.3 Å². The first-order valence-corrected chi connectivity index (χ1v) is 8.48. The molecule has 0 unspecified atom stereocenters. The molecule has 0 spiro atoms. The number of rotatable bonds is 3. The van der Waals surface area contributed by atoms with Gasteiger partial charge >= 0.3 is 6.09 Å². The molecule has 2 aromatic rings. The first-order chi connectivity index (χ1) is 12.1. The van der Waals surface area contributed by atoms with Gasteiger partial charge in [-0.2, -0.15) is 0 Å². The minimum Gasteiger partial charge on any atom is -0.448 e. The van der Waals surface area contributed by atoms with Crippen molar-refractivity contribution in [1.29, 1.82) is 0 Å². The number of carbonyl (C=O) groups is 2. The number of imidazole rings is 1. The molecule has 2 aliphatic rings. The van der Waals surface area contributed by atoms with E-state index in [2.05, 4.69) is 9.97 Å². The lowest BCUT2D eigenvalue weighted by Crippen LogP contribution is -2.44. The highest BCUT2D eigenvalue weighted by atomic mass is 19.1. The predicted molar refractivity (Wildman–Crippen MR) is 87.3 cm³/mol. The van der Waals surface area contributed by atoms with Gasteiger partial charge < -0.3 is 14.6 Å². The maximum Gasteiger partial charge on any atom is 0.410 e. The van der Waals surface area contributed by atoms with Crippen LogP contribution in [0, 0.1) is 5.82 Å². The van der Waals surface area contributed by atoms with Crippen LogP contribution < -0.4 is 0 Å². The largest absolute Gasteiger partial charge is 0.448 e. The number of likely N-dealkylation sites (tertiary alicyclic amines) is 1. The lowest BCUT2D eigenvalue weighted by molar-refractivity contribution is -0.135. The first kappa shape index (κ1) is 15.9. The van der Waals surface area contributed by atoms with Gasteiger partial charge in [-0.05, 0) is 37.5 Å². The lowest BCUT2D eigenvalue weighted by Gasteiger charge is -2.35. The van der Waals surface area contributed by atoms with E-state index in [9.17, 15) is 14.0 Å². The topological polar surface area (TPSA) is 78.5 Å². The summed E-state index contributed by atoms with van der Waals surface area (Å²) in [6, 6.07) is 4.21. The van der Waals surface area contributed by atoms with Crippen LogP contribution in [-0.4, -0.2) is 58.0 Å². The molecule has 0 bridgehead atoms. The molecule has 7 nitrogen and oxygen atoms in total. The Labute approximate surface area is 143 Å². The lowest BCUT2D eigenvalue weighted by atomic mass is 10.0. The van der Waals surface area contributed by atoms with Crippen LogP contribution in [0.3, 0.4) is 0 Å². The highest BCUT2D eigenvalue weighted by Gasteiger charge is 2.33. The number of H-pyrrole nitrogens is 1. The zero-order valence-electron chi connectivity index (χ0n) is 13.7. The second kappa shape index (κ2) is 6.34. The molecule has 132 valence electrons. The fourth-order valence-electron chi connectivity index (χ4n) is 3.50. The summed E-state index contributed by atoms with van der Waals surface area (Å²) >= 11 is 0. The SMILES string of the molecule is O=C1OCCN1CC(=O)N1CCCC[C@H]1c1nc2ccc(F)cc2[nH]1. The zero-order valence-corrected chi connectivity index (χ0v) is 13.7. The van der Waals surface area contributed by atoms with E-state index in [4.69, 9.17) is 4.74 Å². The number of fused-ring (bicyclic) bond motifs is 1. The van der Waals surface area contributed by atoms with Crippen LogP contribution in [0.4, 0.5) is 9.18 Å². The normalized spacial score (nSPS) is 21.0. The van der Waals surface area contributed by atoms with Gasteiger partial charge in [0.15, 0.2) is 0 Å². The van der Waals surface area contributed by atoms with Gasteiger partial charge in [0.1, 0.15) is 24.8 Å². The fraction of sp³-hybridized carbons (Fsp3) is 0.471. The quantitative estimate of drug-likeness (QED) is 0.924. The van der Waals surface area contributed by atoms with Gasteiger partial charge in [0.2, 0.25) is 5.91 Å². The van der Waals surface area contributed by atoms with Crippen LogP contribution >= 0.6 is 0 Å². The first-order valence-electron chi connectivity index (χ1n) is 8.48. The van der Waals surface area contributed by atoms with E-state index < -0.39 is 6.09 Å². The van der Waals surface area contributed by atoms with Crippen molar-refractivity contribution in [3.63, 3.8) is 0 Å². The number of hydrogen-bond donors (Lipinski definition) is 1. The maximum atomic E-state index is 13.4. The van der Waals surface area contributed by atoms with Crippen molar-refractivity contribution < 1.29 is 18.7 Å². The highest BCUT2D eigenvalue weighted by Crippen LogP contribution is 2.31. The number of amides is 2. The number of aromatic amines is 1. The van der Waals surface area contributed by atoms with Crippen molar-refractivity contribution >= 4 is 23.0 Å². The molecule has 2 amide bonds. The van der Waals surface area contributed by atoms with Gasteiger partial charge in [-0.3, -0.25) is 9.69 Å². The van der Waals surface area contributed by atoms with Crippen molar-refractivity contribution in [3.05, 3.63) is 29.8 Å². The maximum absolute atomic E-state index is 13.4. The van der Waals surface area contributed by atoms with Crippen LogP contribution in [-0.2, 0) is 9.53 Å². The van der Waals surface area contributed by atoms with Gasteiger partial charge in [0.25, 0.3) is 0 Å². The Morgan fingerprint density at radius 3 is 3.04 bits per heavy atom. The number of hydrogen-bond acceptors (Lipinski definition) is 4. The Morgan fingerprint density at radius 1 is 1.36 bits per heavy atom. The highest BCUT2D eigenvalue weighted by molar-refractivity contribution is 5.83. The van der Waals surface area contributed by atoms with Gasteiger partial charge in [0.05, 0.1) is 23.6 Å². The molecule has 0 saturated carbocycles. The third-order valence-corrected chi connectivity index (χ3v) is 4.77. The standard InChI is InChI=1S/C17H19FN4O3/c18-11-4-5-12-13(9-11)20-16(19-12)14-3-1-2-6-22(14)15(23)10-21-7-8-25-17(21)24/h4-5,9,14H,1-3,6-8,10H2,(H,19,20)/t14-/m0/s1. The average Bonchev–Trinajstić information content (AvgIpc) is 3.20. The van der Waals surface area contributed by atoms with Crippen LogP contribution in [0.1, 0.15) is 31.1 Å².